The second-order valence-electron chi connectivity index (χ2n) is 5.25. The van der Waals surface area contributed by atoms with Crippen molar-refractivity contribution in [3.05, 3.63) is 72.4 Å². The zero-order valence-electron chi connectivity index (χ0n) is 11.1. The normalized spacial score (nSPS) is 18.3. The lowest BCUT2D eigenvalue weighted by atomic mass is 10.0. The first-order valence-electron chi connectivity index (χ1n) is 6.90. The molecule has 1 saturated heterocycles. The molecule has 0 unspecified atom stereocenters. The van der Waals surface area contributed by atoms with Crippen LogP contribution in [0.2, 0.25) is 0 Å². The van der Waals surface area contributed by atoms with Crippen molar-refractivity contribution in [1.29, 1.82) is 0 Å². The maximum Gasteiger partial charge on any atom is 0.0302 e. The molecule has 96 valence electrons. The van der Waals surface area contributed by atoms with Crippen molar-refractivity contribution in [3.8, 4) is 11.1 Å². The molecule has 1 aliphatic rings. The van der Waals surface area contributed by atoms with Gasteiger partial charge >= 0.3 is 0 Å². The van der Waals surface area contributed by atoms with Gasteiger partial charge < -0.3 is 5.32 Å². The lowest BCUT2D eigenvalue weighted by molar-refractivity contribution is 0.616. The first kappa shape index (κ1) is 12.0. The van der Waals surface area contributed by atoms with Crippen molar-refractivity contribution in [2.24, 2.45) is 0 Å². The van der Waals surface area contributed by atoms with E-state index in [0.29, 0.717) is 6.04 Å². The van der Waals surface area contributed by atoms with E-state index < -0.39 is 0 Å². The maximum absolute atomic E-state index is 3.99. The SMILES string of the molecule is C=C1CC[C@@H](Cc2ccc(-c3ccccc3)cc2)N1. The standard InChI is InChI=1S/C18H19N/c1-14-7-12-18(19-14)13-15-8-10-17(11-9-15)16-5-3-2-4-6-16/h2-6,8-11,18-19H,1,7,12-13H2/t18-/m0/s1. The van der Waals surface area contributed by atoms with Crippen molar-refractivity contribution in [3.63, 3.8) is 0 Å². The fourth-order valence-electron chi connectivity index (χ4n) is 2.68. The van der Waals surface area contributed by atoms with E-state index in [9.17, 15) is 0 Å². The summed E-state index contributed by atoms with van der Waals surface area (Å²) in [5, 5.41) is 3.45. The van der Waals surface area contributed by atoms with Gasteiger partial charge in [-0.1, -0.05) is 61.2 Å². The van der Waals surface area contributed by atoms with Crippen LogP contribution in [0.3, 0.4) is 0 Å². The molecule has 2 aromatic rings. The second-order valence-corrected chi connectivity index (χ2v) is 5.25. The van der Waals surface area contributed by atoms with Crippen molar-refractivity contribution < 1.29 is 0 Å². The highest BCUT2D eigenvalue weighted by molar-refractivity contribution is 5.63. The van der Waals surface area contributed by atoms with Gasteiger partial charge in [-0.15, -0.1) is 0 Å². The van der Waals surface area contributed by atoms with Crippen molar-refractivity contribution in [1.82, 2.24) is 5.32 Å². The van der Waals surface area contributed by atoms with Crippen LogP contribution in [0.5, 0.6) is 0 Å². The smallest absolute Gasteiger partial charge is 0.0302 e. The molecule has 1 heterocycles. The van der Waals surface area contributed by atoms with E-state index in [1.807, 2.05) is 0 Å². The quantitative estimate of drug-likeness (QED) is 0.861. The van der Waals surface area contributed by atoms with Gasteiger partial charge in [0.25, 0.3) is 0 Å². The molecule has 0 amide bonds. The number of hydrogen-bond acceptors (Lipinski definition) is 1. The van der Waals surface area contributed by atoms with Gasteiger partial charge in [-0.05, 0) is 36.0 Å². The minimum Gasteiger partial charge on any atom is -0.386 e. The van der Waals surface area contributed by atoms with Gasteiger partial charge in [-0.3, -0.25) is 0 Å². The average molecular weight is 249 g/mol. The predicted molar refractivity (Wildman–Crippen MR) is 80.9 cm³/mol. The molecule has 1 N–H and O–H groups in total. The van der Waals surface area contributed by atoms with Crippen molar-refractivity contribution in [2.45, 2.75) is 25.3 Å². The van der Waals surface area contributed by atoms with Crippen LogP contribution >= 0.6 is 0 Å². The Kier molecular flexibility index (Phi) is 3.37. The van der Waals surface area contributed by atoms with Crippen LogP contribution in [0.15, 0.2) is 66.9 Å². The summed E-state index contributed by atoms with van der Waals surface area (Å²) in [6.45, 7) is 3.99. The monoisotopic (exact) mass is 249 g/mol. The lowest BCUT2D eigenvalue weighted by Gasteiger charge is -2.11. The van der Waals surface area contributed by atoms with Crippen LogP contribution in [-0.4, -0.2) is 6.04 Å². The number of benzene rings is 2. The minimum atomic E-state index is 0.565. The molecule has 0 radical (unpaired) electrons. The van der Waals surface area contributed by atoms with Gasteiger partial charge in [0.05, 0.1) is 0 Å². The van der Waals surface area contributed by atoms with E-state index in [1.165, 1.54) is 28.8 Å². The zero-order chi connectivity index (χ0) is 13.1. The molecule has 1 fully saturated rings. The van der Waals surface area contributed by atoms with Crippen LogP contribution in [-0.2, 0) is 6.42 Å². The van der Waals surface area contributed by atoms with Crippen LogP contribution < -0.4 is 5.32 Å². The average Bonchev–Trinajstić information content (AvgIpc) is 2.86. The number of allylic oxidation sites excluding steroid dienone is 1. The Bertz CT molecular complexity index is 554. The van der Waals surface area contributed by atoms with Gasteiger partial charge in [-0.25, -0.2) is 0 Å². The van der Waals surface area contributed by atoms with Gasteiger partial charge in [0.1, 0.15) is 0 Å². The largest absolute Gasteiger partial charge is 0.386 e. The third-order valence-corrected chi connectivity index (χ3v) is 3.75. The van der Waals surface area contributed by atoms with Crippen LogP contribution in [0.4, 0.5) is 0 Å². The van der Waals surface area contributed by atoms with Crippen molar-refractivity contribution >= 4 is 0 Å². The number of rotatable bonds is 3. The number of hydrogen-bond donors (Lipinski definition) is 1. The Balaban J connectivity index is 1.71. The van der Waals surface area contributed by atoms with E-state index in [0.717, 1.165) is 12.8 Å². The Hall–Kier alpha value is -2.02. The summed E-state index contributed by atoms with van der Waals surface area (Å²) in [5.74, 6) is 0. The summed E-state index contributed by atoms with van der Waals surface area (Å²) in [6.07, 6.45) is 3.42. The van der Waals surface area contributed by atoms with E-state index in [4.69, 9.17) is 0 Å². The second kappa shape index (κ2) is 5.31. The summed E-state index contributed by atoms with van der Waals surface area (Å²) < 4.78 is 0. The first-order valence-corrected chi connectivity index (χ1v) is 6.90. The first-order chi connectivity index (χ1) is 9.31. The fourth-order valence-corrected chi connectivity index (χ4v) is 2.68. The zero-order valence-corrected chi connectivity index (χ0v) is 11.1. The van der Waals surface area contributed by atoms with Crippen LogP contribution in [0.25, 0.3) is 11.1 Å². The molecule has 1 aliphatic heterocycles. The molecular weight excluding hydrogens is 230 g/mol. The molecule has 19 heavy (non-hydrogen) atoms. The molecular formula is C18H19N. The summed E-state index contributed by atoms with van der Waals surface area (Å²) in [7, 11) is 0. The third kappa shape index (κ3) is 2.87. The highest BCUT2D eigenvalue weighted by Crippen LogP contribution is 2.22. The molecule has 0 spiro atoms. The van der Waals surface area contributed by atoms with Crippen molar-refractivity contribution in [2.75, 3.05) is 0 Å². The highest BCUT2D eigenvalue weighted by Gasteiger charge is 2.16. The Labute approximate surface area is 115 Å². The van der Waals surface area contributed by atoms with Gasteiger partial charge in [0.2, 0.25) is 0 Å². The van der Waals surface area contributed by atoms with E-state index >= 15 is 0 Å². The van der Waals surface area contributed by atoms with E-state index in [2.05, 4.69) is 66.5 Å². The maximum atomic E-state index is 3.99. The molecule has 0 aliphatic carbocycles. The van der Waals surface area contributed by atoms with Crippen LogP contribution in [0, 0.1) is 0 Å². The molecule has 0 bridgehead atoms. The predicted octanol–water partition coefficient (Wildman–Crippen LogP) is 4.16. The number of nitrogens with one attached hydrogen (secondary N) is 1. The molecule has 1 nitrogen and oxygen atoms in total. The third-order valence-electron chi connectivity index (χ3n) is 3.75. The van der Waals surface area contributed by atoms with E-state index in [-0.39, 0.29) is 0 Å². The summed E-state index contributed by atoms with van der Waals surface area (Å²) >= 11 is 0. The topological polar surface area (TPSA) is 12.0 Å². The molecule has 0 aromatic heterocycles. The lowest BCUT2D eigenvalue weighted by Crippen LogP contribution is -2.22. The summed E-state index contributed by atoms with van der Waals surface area (Å²) in [4.78, 5) is 0. The fraction of sp³-hybridized carbons (Fsp3) is 0.222. The van der Waals surface area contributed by atoms with Gasteiger partial charge in [0, 0.05) is 11.7 Å². The molecule has 1 heteroatoms. The Morgan fingerprint density at radius 2 is 1.63 bits per heavy atom. The summed E-state index contributed by atoms with van der Waals surface area (Å²) in [5.41, 5.74) is 5.15. The Morgan fingerprint density at radius 1 is 0.947 bits per heavy atom. The highest BCUT2D eigenvalue weighted by atomic mass is 14.9. The Morgan fingerprint density at radius 3 is 2.26 bits per heavy atom. The molecule has 2 aromatic carbocycles. The molecule has 0 saturated carbocycles. The minimum absolute atomic E-state index is 0.565. The van der Waals surface area contributed by atoms with Gasteiger partial charge in [0.15, 0.2) is 0 Å². The molecule has 3 rings (SSSR count). The van der Waals surface area contributed by atoms with E-state index in [1.54, 1.807) is 0 Å². The molecule has 1 atom stereocenters. The van der Waals surface area contributed by atoms with Crippen LogP contribution in [0.1, 0.15) is 18.4 Å². The van der Waals surface area contributed by atoms with Gasteiger partial charge in [-0.2, -0.15) is 0 Å². The summed E-state index contributed by atoms with van der Waals surface area (Å²) in [6, 6.07) is 20.0.